The maximum atomic E-state index is 12.9. The van der Waals surface area contributed by atoms with E-state index in [2.05, 4.69) is 22.2 Å². The van der Waals surface area contributed by atoms with Crippen molar-refractivity contribution in [1.82, 2.24) is 15.5 Å². The maximum Gasteiger partial charge on any atom is 0.243 e. The summed E-state index contributed by atoms with van der Waals surface area (Å²) in [6, 6.07) is 6.49. The number of guanidine groups is 1. The minimum absolute atomic E-state index is 0.0525. The van der Waals surface area contributed by atoms with Crippen LogP contribution in [-0.2, 0) is 4.79 Å². The van der Waals surface area contributed by atoms with Gasteiger partial charge in [-0.2, -0.15) is 0 Å². The zero-order valence-corrected chi connectivity index (χ0v) is 16.0. The predicted octanol–water partition coefficient (Wildman–Crippen LogP) is 2.51. The molecule has 0 unspecified atom stereocenters. The van der Waals surface area contributed by atoms with E-state index < -0.39 is 0 Å². The molecule has 25 heavy (non-hydrogen) atoms. The SMILES string of the molecule is C=C(C)CNC(=NCC(=O)N(C)C)NCCCSc1ccc(F)cc1. The monoisotopic (exact) mass is 366 g/mol. The molecule has 0 atom stereocenters. The second kappa shape index (κ2) is 11.5. The van der Waals surface area contributed by atoms with E-state index in [4.69, 9.17) is 0 Å². The Balaban J connectivity index is 2.37. The summed E-state index contributed by atoms with van der Waals surface area (Å²) in [6.45, 7) is 7.21. The Morgan fingerprint density at radius 1 is 1.28 bits per heavy atom. The Bertz CT molecular complexity index is 587. The Labute approximate surface area is 153 Å². The van der Waals surface area contributed by atoms with E-state index >= 15 is 0 Å². The molecular weight excluding hydrogens is 339 g/mol. The summed E-state index contributed by atoms with van der Waals surface area (Å²) in [7, 11) is 3.41. The van der Waals surface area contributed by atoms with Gasteiger partial charge >= 0.3 is 0 Å². The van der Waals surface area contributed by atoms with Crippen molar-refractivity contribution in [3.63, 3.8) is 0 Å². The first-order chi connectivity index (χ1) is 11.9. The van der Waals surface area contributed by atoms with Gasteiger partial charge in [-0.1, -0.05) is 12.2 Å². The summed E-state index contributed by atoms with van der Waals surface area (Å²) in [6.07, 6.45) is 0.914. The molecular formula is C18H27FN4OS. The second-order valence-corrected chi connectivity index (χ2v) is 7.01. The third kappa shape index (κ3) is 9.76. The number of halogens is 1. The van der Waals surface area contributed by atoms with Gasteiger partial charge in [-0.25, -0.2) is 9.38 Å². The summed E-state index contributed by atoms with van der Waals surface area (Å²) in [5, 5.41) is 6.37. The number of nitrogens with zero attached hydrogens (tertiary/aromatic N) is 2. The molecule has 0 spiro atoms. The average Bonchev–Trinajstić information content (AvgIpc) is 2.57. The Hall–Kier alpha value is -2.02. The summed E-state index contributed by atoms with van der Waals surface area (Å²) in [5.41, 5.74) is 0.986. The first-order valence-electron chi connectivity index (χ1n) is 8.13. The van der Waals surface area contributed by atoms with Crippen molar-refractivity contribution >= 4 is 23.6 Å². The molecule has 0 fully saturated rings. The molecule has 0 radical (unpaired) electrons. The molecule has 0 saturated carbocycles. The lowest BCUT2D eigenvalue weighted by molar-refractivity contribution is -0.127. The molecule has 0 bridgehead atoms. The van der Waals surface area contributed by atoms with Crippen LogP contribution in [0.2, 0.25) is 0 Å². The van der Waals surface area contributed by atoms with Gasteiger partial charge in [0.1, 0.15) is 12.4 Å². The van der Waals surface area contributed by atoms with E-state index in [0.717, 1.165) is 29.2 Å². The fourth-order valence-electron chi connectivity index (χ4n) is 1.70. The van der Waals surface area contributed by atoms with Crippen molar-refractivity contribution in [3.8, 4) is 0 Å². The topological polar surface area (TPSA) is 56.7 Å². The Morgan fingerprint density at radius 3 is 2.56 bits per heavy atom. The summed E-state index contributed by atoms with van der Waals surface area (Å²) < 4.78 is 12.9. The number of rotatable bonds is 9. The van der Waals surface area contributed by atoms with Crippen LogP contribution in [0.3, 0.4) is 0 Å². The quantitative estimate of drug-likeness (QED) is 0.232. The zero-order chi connectivity index (χ0) is 18.7. The third-order valence-electron chi connectivity index (χ3n) is 3.12. The maximum absolute atomic E-state index is 12.9. The first kappa shape index (κ1) is 21.0. The smallest absolute Gasteiger partial charge is 0.243 e. The molecule has 1 amide bonds. The van der Waals surface area contributed by atoms with Crippen LogP contribution < -0.4 is 10.6 Å². The number of nitrogens with one attached hydrogen (secondary N) is 2. The summed E-state index contributed by atoms with van der Waals surface area (Å²) in [4.78, 5) is 18.5. The number of carbonyl (C=O) groups is 1. The molecule has 2 N–H and O–H groups in total. The lowest BCUT2D eigenvalue weighted by atomic mass is 10.3. The fraction of sp³-hybridized carbons (Fsp3) is 0.444. The molecule has 0 heterocycles. The van der Waals surface area contributed by atoms with Crippen LogP contribution >= 0.6 is 11.8 Å². The largest absolute Gasteiger partial charge is 0.356 e. The molecule has 0 aliphatic heterocycles. The van der Waals surface area contributed by atoms with Gasteiger partial charge in [0.2, 0.25) is 5.91 Å². The van der Waals surface area contributed by atoms with Gasteiger partial charge in [0.15, 0.2) is 5.96 Å². The van der Waals surface area contributed by atoms with Crippen LogP contribution in [0.5, 0.6) is 0 Å². The fourth-order valence-corrected chi connectivity index (χ4v) is 2.55. The van der Waals surface area contributed by atoms with Crippen LogP contribution in [0.25, 0.3) is 0 Å². The van der Waals surface area contributed by atoms with E-state index in [1.807, 2.05) is 6.92 Å². The molecule has 1 aromatic carbocycles. The standard InChI is InChI=1S/C18H27FN4OS/c1-14(2)12-21-18(22-13-17(24)23(3)4)20-10-5-11-25-16-8-6-15(19)7-9-16/h6-9H,1,5,10-13H2,2-4H3,(H2,20,21,22). The number of likely N-dealkylation sites (N-methyl/N-ethyl adjacent to an activating group) is 1. The van der Waals surface area contributed by atoms with Crippen molar-refractivity contribution in [2.24, 2.45) is 4.99 Å². The molecule has 0 saturated heterocycles. The minimum Gasteiger partial charge on any atom is -0.356 e. The van der Waals surface area contributed by atoms with Gasteiger partial charge in [0, 0.05) is 32.1 Å². The molecule has 0 aliphatic rings. The highest BCUT2D eigenvalue weighted by Gasteiger charge is 2.04. The third-order valence-corrected chi connectivity index (χ3v) is 4.22. The predicted molar refractivity (Wildman–Crippen MR) is 104 cm³/mol. The van der Waals surface area contributed by atoms with Crippen LogP contribution in [0, 0.1) is 5.82 Å². The zero-order valence-electron chi connectivity index (χ0n) is 15.1. The van der Waals surface area contributed by atoms with Gasteiger partial charge in [-0.3, -0.25) is 4.79 Å². The van der Waals surface area contributed by atoms with Crippen molar-refractivity contribution in [1.29, 1.82) is 0 Å². The summed E-state index contributed by atoms with van der Waals surface area (Å²) in [5.74, 6) is 1.24. The van der Waals surface area contributed by atoms with Crippen LogP contribution in [0.15, 0.2) is 46.3 Å². The van der Waals surface area contributed by atoms with E-state index in [1.165, 1.54) is 17.0 Å². The number of hydrogen-bond donors (Lipinski definition) is 2. The van der Waals surface area contributed by atoms with Crippen molar-refractivity contribution in [2.45, 2.75) is 18.2 Å². The highest BCUT2D eigenvalue weighted by atomic mass is 32.2. The van der Waals surface area contributed by atoms with Gasteiger partial charge in [-0.05, 0) is 43.4 Å². The molecule has 0 aromatic heterocycles. The molecule has 1 aromatic rings. The lowest BCUT2D eigenvalue weighted by Crippen LogP contribution is -2.39. The van der Waals surface area contributed by atoms with Gasteiger partial charge in [-0.15, -0.1) is 11.8 Å². The van der Waals surface area contributed by atoms with Crippen molar-refractivity contribution in [3.05, 3.63) is 42.2 Å². The highest BCUT2D eigenvalue weighted by molar-refractivity contribution is 7.99. The highest BCUT2D eigenvalue weighted by Crippen LogP contribution is 2.18. The number of aliphatic imine (C=N–C) groups is 1. The Morgan fingerprint density at radius 2 is 1.96 bits per heavy atom. The molecule has 7 heteroatoms. The van der Waals surface area contributed by atoms with E-state index in [9.17, 15) is 9.18 Å². The van der Waals surface area contributed by atoms with Crippen LogP contribution in [0.1, 0.15) is 13.3 Å². The first-order valence-corrected chi connectivity index (χ1v) is 9.12. The van der Waals surface area contributed by atoms with Crippen molar-refractivity contribution < 1.29 is 9.18 Å². The van der Waals surface area contributed by atoms with E-state index in [-0.39, 0.29) is 18.3 Å². The van der Waals surface area contributed by atoms with Crippen LogP contribution in [-0.4, -0.2) is 56.2 Å². The van der Waals surface area contributed by atoms with E-state index in [1.54, 1.807) is 38.0 Å². The number of thioether (sulfide) groups is 1. The number of amides is 1. The lowest BCUT2D eigenvalue weighted by Gasteiger charge is -2.13. The molecule has 1 rings (SSSR count). The number of benzene rings is 1. The Kier molecular flexibility index (Phi) is 9.69. The van der Waals surface area contributed by atoms with Crippen molar-refractivity contribution in [2.75, 3.05) is 39.5 Å². The van der Waals surface area contributed by atoms with Crippen LogP contribution in [0.4, 0.5) is 4.39 Å². The van der Waals surface area contributed by atoms with Gasteiger partial charge < -0.3 is 15.5 Å². The number of carbonyl (C=O) groups excluding carboxylic acids is 1. The normalized spacial score (nSPS) is 11.1. The van der Waals surface area contributed by atoms with Gasteiger partial charge in [0.05, 0.1) is 0 Å². The summed E-state index contributed by atoms with van der Waals surface area (Å²) >= 11 is 1.68. The second-order valence-electron chi connectivity index (χ2n) is 5.85. The van der Waals surface area contributed by atoms with E-state index in [0.29, 0.717) is 12.5 Å². The average molecular weight is 367 g/mol. The van der Waals surface area contributed by atoms with Gasteiger partial charge in [0.25, 0.3) is 0 Å². The molecule has 5 nitrogen and oxygen atoms in total. The number of hydrogen-bond acceptors (Lipinski definition) is 3. The minimum atomic E-state index is -0.220. The molecule has 0 aliphatic carbocycles. The molecule has 138 valence electrons.